The number of hydrogen-bond donors (Lipinski definition) is 0. The molecule has 3 aromatic carbocycles. The average Bonchev–Trinajstić information content (AvgIpc) is 2.69. The van der Waals surface area contributed by atoms with Gasteiger partial charge in [-0.1, -0.05) is 36.4 Å². The van der Waals surface area contributed by atoms with E-state index in [1.807, 2.05) is 56.3 Å². The van der Waals surface area contributed by atoms with Gasteiger partial charge in [-0.3, -0.25) is 4.79 Å². The Bertz CT molecular complexity index is 1190. The average molecular weight is 372 g/mol. The minimum absolute atomic E-state index is 0.159. The van der Waals surface area contributed by atoms with Gasteiger partial charge in [-0.05, 0) is 54.8 Å². The summed E-state index contributed by atoms with van der Waals surface area (Å²) >= 11 is 0. The monoisotopic (exact) mass is 372 g/mol. The van der Waals surface area contributed by atoms with E-state index in [2.05, 4.69) is 0 Å². The lowest BCUT2D eigenvalue weighted by Crippen LogP contribution is -2.05. The lowest BCUT2D eigenvalue weighted by atomic mass is 10.1. The lowest BCUT2D eigenvalue weighted by Gasteiger charge is -2.10. The van der Waals surface area contributed by atoms with Gasteiger partial charge in [-0.2, -0.15) is 0 Å². The zero-order valence-corrected chi connectivity index (χ0v) is 15.8. The van der Waals surface area contributed by atoms with Crippen LogP contribution < -0.4 is 14.9 Å². The van der Waals surface area contributed by atoms with E-state index in [0.717, 1.165) is 11.1 Å². The second-order valence-electron chi connectivity index (χ2n) is 6.72. The molecule has 4 heteroatoms. The third kappa shape index (κ3) is 3.76. The summed E-state index contributed by atoms with van der Waals surface area (Å²) in [5.41, 5.74) is 3.59. The number of ether oxygens (including phenoxy) is 2. The van der Waals surface area contributed by atoms with Crippen molar-refractivity contribution in [1.29, 1.82) is 0 Å². The Hall–Kier alpha value is -3.53. The van der Waals surface area contributed by atoms with Crippen LogP contribution in [0.2, 0.25) is 0 Å². The Labute approximate surface area is 163 Å². The molecule has 0 fully saturated rings. The highest BCUT2D eigenvalue weighted by Crippen LogP contribution is 2.25. The summed E-state index contributed by atoms with van der Waals surface area (Å²) in [4.78, 5) is 12.7. The van der Waals surface area contributed by atoms with Gasteiger partial charge in [-0.25, -0.2) is 0 Å². The van der Waals surface area contributed by atoms with Gasteiger partial charge >= 0.3 is 0 Å². The van der Waals surface area contributed by atoms with Gasteiger partial charge < -0.3 is 13.9 Å². The van der Waals surface area contributed by atoms with Crippen LogP contribution in [0.4, 0.5) is 0 Å². The standard InChI is InChI=1S/C24H20O4/c1-16-6-5-9-20(12-16)28-23-15-27-22-13-19(10-11-21(22)24(23)25)26-14-18-8-4-3-7-17(18)2/h3-13,15H,14H2,1-2H3. The quantitative estimate of drug-likeness (QED) is 0.445. The Morgan fingerprint density at radius 1 is 0.893 bits per heavy atom. The van der Waals surface area contributed by atoms with E-state index in [0.29, 0.717) is 29.1 Å². The van der Waals surface area contributed by atoms with Crippen LogP contribution in [0.5, 0.6) is 17.2 Å². The molecule has 0 bridgehead atoms. The molecule has 4 nitrogen and oxygen atoms in total. The number of hydrogen-bond acceptors (Lipinski definition) is 4. The van der Waals surface area contributed by atoms with Crippen molar-refractivity contribution in [2.45, 2.75) is 20.5 Å². The molecule has 28 heavy (non-hydrogen) atoms. The summed E-state index contributed by atoms with van der Waals surface area (Å²) in [5, 5.41) is 0.452. The van der Waals surface area contributed by atoms with Crippen LogP contribution in [0.3, 0.4) is 0 Å². The van der Waals surface area contributed by atoms with Crippen molar-refractivity contribution in [3.05, 3.63) is 99.9 Å². The van der Waals surface area contributed by atoms with Crippen molar-refractivity contribution in [2.75, 3.05) is 0 Å². The van der Waals surface area contributed by atoms with Gasteiger partial charge in [0.05, 0.1) is 5.39 Å². The maximum atomic E-state index is 12.7. The highest BCUT2D eigenvalue weighted by molar-refractivity contribution is 5.79. The third-order valence-electron chi connectivity index (χ3n) is 4.59. The molecule has 0 unspecified atom stereocenters. The Morgan fingerprint density at radius 3 is 2.57 bits per heavy atom. The normalized spacial score (nSPS) is 10.8. The molecular formula is C24H20O4. The predicted molar refractivity (Wildman–Crippen MR) is 109 cm³/mol. The lowest BCUT2D eigenvalue weighted by molar-refractivity contribution is 0.305. The van der Waals surface area contributed by atoms with E-state index in [1.165, 1.54) is 11.8 Å². The molecule has 0 radical (unpaired) electrons. The first-order valence-electron chi connectivity index (χ1n) is 9.07. The summed E-state index contributed by atoms with van der Waals surface area (Å²) in [7, 11) is 0. The molecule has 0 amide bonds. The molecule has 0 saturated carbocycles. The summed E-state index contributed by atoms with van der Waals surface area (Å²) in [6, 6.07) is 20.8. The van der Waals surface area contributed by atoms with Gasteiger partial charge in [0.1, 0.15) is 30.0 Å². The van der Waals surface area contributed by atoms with Gasteiger partial charge in [0.25, 0.3) is 0 Å². The van der Waals surface area contributed by atoms with Gasteiger partial charge in [0.15, 0.2) is 0 Å². The minimum Gasteiger partial charge on any atom is -0.489 e. The van der Waals surface area contributed by atoms with E-state index < -0.39 is 0 Å². The first-order valence-corrected chi connectivity index (χ1v) is 9.07. The van der Waals surface area contributed by atoms with Crippen molar-refractivity contribution in [1.82, 2.24) is 0 Å². The molecule has 0 aliphatic heterocycles. The van der Waals surface area contributed by atoms with Crippen LogP contribution in [-0.4, -0.2) is 0 Å². The Morgan fingerprint density at radius 2 is 1.75 bits per heavy atom. The fourth-order valence-electron chi connectivity index (χ4n) is 2.99. The molecule has 0 atom stereocenters. The molecular weight excluding hydrogens is 352 g/mol. The number of fused-ring (bicyclic) bond motifs is 1. The number of benzene rings is 3. The molecule has 1 aromatic heterocycles. The number of aryl methyl sites for hydroxylation is 2. The molecule has 0 aliphatic carbocycles. The number of rotatable bonds is 5. The first kappa shape index (κ1) is 17.9. The van der Waals surface area contributed by atoms with Crippen molar-refractivity contribution in [3.63, 3.8) is 0 Å². The minimum atomic E-state index is -0.215. The van der Waals surface area contributed by atoms with Crippen molar-refractivity contribution < 1.29 is 13.9 Å². The zero-order chi connectivity index (χ0) is 19.5. The van der Waals surface area contributed by atoms with Crippen molar-refractivity contribution in [3.8, 4) is 17.2 Å². The summed E-state index contributed by atoms with van der Waals surface area (Å²) in [5.74, 6) is 1.41. The Kier molecular flexibility index (Phi) is 4.85. The van der Waals surface area contributed by atoms with Crippen LogP contribution in [0.15, 0.2) is 82.2 Å². The maximum Gasteiger partial charge on any atom is 0.235 e. The van der Waals surface area contributed by atoms with Crippen molar-refractivity contribution >= 4 is 11.0 Å². The predicted octanol–water partition coefficient (Wildman–Crippen LogP) is 5.78. The molecule has 0 saturated heterocycles. The van der Waals surface area contributed by atoms with Crippen LogP contribution >= 0.6 is 0 Å². The third-order valence-corrected chi connectivity index (χ3v) is 4.59. The molecule has 1 heterocycles. The summed E-state index contributed by atoms with van der Waals surface area (Å²) in [6.07, 6.45) is 1.35. The fourth-order valence-corrected chi connectivity index (χ4v) is 2.99. The summed E-state index contributed by atoms with van der Waals surface area (Å²) < 4.78 is 17.2. The largest absolute Gasteiger partial charge is 0.489 e. The van der Waals surface area contributed by atoms with Crippen LogP contribution in [0, 0.1) is 13.8 Å². The van der Waals surface area contributed by atoms with Crippen LogP contribution in [-0.2, 0) is 6.61 Å². The van der Waals surface area contributed by atoms with E-state index in [-0.39, 0.29) is 11.2 Å². The molecule has 0 N–H and O–H groups in total. The van der Waals surface area contributed by atoms with E-state index in [4.69, 9.17) is 13.9 Å². The fraction of sp³-hybridized carbons (Fsp3) is 0.125. The molecule has 0 aliphatic rings. The van der Waals surface area contributed by atoms with E-state index in [1.54, 1.807) is 24.3 Å². The smallest absolute Gasteiger partial charge is 0.235 e. The zero-order valence-electron chi connectivity index (χ0n) is 15.8. The SMILES string of the molecule is Cc1cccc(Oc2coc3cc(OCc4ccccc4C)ccc3c2=O)c1. The van der Waals surface area contributed by atoms with Gasteiger partial charge in [0.2, 0.25) is 11.2 Å². The first-order chi connectivity index (χ1) is 13.6. The maximum absolute atomic E-state index is 12.7. The van der Waals surface area contributed by atoms with Gasteiger partial charge in [0, 0.05) is 6.07 Å². The second kappa shape index (κ2) is 7.61. The Balaban J connectivity index is 1.57. The van der Waals surface area contributed by atoms with Crippen LogP contribution in [0.25, 0.3) is 11.0 Å². The van der Waals surface area contributed by atoms with Crippen molar-refractivity contribution in [2.24, 2.45) is 0 Å². The molecule has 140 valence electrons. The molecule has 0 spiro atoms. The summed E-state index contributed by atoms with van der Waals surface area (Å²) in [6.45, 7) is 4.47. The highest BCUT2D eigenvalue weighted by Gasteiger charge is 2.11. The second-order valence-corrected chi connectivity index (χ2v) is 6.72. The van der Waals surface area contributed by atoms with Crippen LogP contribution in [0.1, 0.15) is 16.7 Å². The molecule has 4 rings (SSSR count). The highest BCUT2D eigenvalue weighted by atomic mass is 16.5. The molecule has 4 aromatic rings. The van der Waals surface area contributed by atoms with E-state index in [9.17, 15) is 4.79 Å². The topological polar surface area (TPSA) is 48.7 Å². The van der Waals surface area contributed by atoms with Gasteiger partial charge in [-0.15, -0.1) is 0 Å². The van der Waals surface area contributed by atoms with E-state index >= 15 is 0 Å².